The predicted molar refractivity (Wildman–Crippen MR) is 417 cm³/mol. The molecule has 1 N–H and O–H groups in total. The third-order valence-corrected chi connectivity index (χ3v) is 17.2. The maximum absolute atomic E-state index is 12.9. The minimum absolute atomic E-state index is 0.0180. The van der Waals surface area contributed by atoms with E-state index in [0.29, 0.717) is 17.4 Å². The fourth-order valence-electron chi connectivity index (χ4n) is 10.4. The molecule has 0 bridgehead atoms. The quantitative estimate of drug-likeness (QED) is 0.0211. The highest BCUT2D eigenvalue weighted by Gasteiger charge is 2.27. The summed E-state index contributed by atoms with van der Waals surface area (Å²) in [7, 11) is 1.44. The molecule has 0 fully saturated rings. The number of hydrogen-bond donors (Lipinski definition) is 1. The topological polar surface area (TPSA) is 108 Å². The van der Waals surface area contributed by atoms with Gasteiger partial charge in [-0.05, 0) is 128 Å². The average Bonchev–Trinajstić information content (AvgIpc) is 1.97. The Labute approximate surface area is 591 Å². The Morgan fingerprint density at radius 2 is 0.562 bits per heavy atom. The first-order chi connectivity index (χ1) is 47.0. The van der Waals surface area contributed by atoms with Crippen LogP contribution in [-0.4, -0.2) is 74.9 Å². The van der Waals surface area contributed by atoms with Crippen LogP contribution >= 0.6 is 7.82 Å². The first-order valence-electron chi connectivity index (χ1n) is 38.9. The van der Waals surface area contributed by atoms with Gasteiger partial charge in [-0.15, -0.1) is 0 Å². The van der Waals surface area contributed by atoms with E-state index in [4.69, 9.17) is 18.5 Å². The monoisotopic (exact) mass is 1350 g/mol. The molecule has 0 aliphatic rings. The number of nitrogens with zero attached hydrogens (tertiary/aromatic N) is 1. The van der Waals surface area contributed by atoms with E-state index in [2.05, 4.69) is 184 Å². The zero-order valence-electron chi connectivity index (χ0n) is 62.3. The van der Waals surface area contributed by atoms with Gasteiger partial charge in [-0.1, -0.05) is 338 Å². The average molecular weight is 1350 g/mol. The molecule has 546 valence electrons. The Balaban J connectivity index is 4.03. The minimum Gasteiger partial charge on any atom is -0.462 e. The number of likely N-dealkylation sites (N-methyl/N-ethyl adjacent to an activating group) is 1. The Morgan fingerprint density at radius 3 is 0.844 bits per heavy atom. The molecule has 96 heavy (non-hydrogen) atoms. The Morgan fingerprint density at radius 1 is 0.323 bits per heavy atom. The number of carbonyl (C=O) groups excluding carboxylic acids is 2. The van der Waals surface area contributed by atoms with E-state index in [1.807, 2.05) is 21.1 Å². The van der Waals surface area contributed by atoms with E-state index in [1.54, 1.807) is 0 Å². The zero-order valence-corrected chi connectivity index (χ0v) is 63.2. The van der Waals surface area contributed by atoms with Gasteiger partial charge in [0.15, 0.2) is 6.10 Å². The third-order valence-electron chi connectivity index (χ3n) is 16.2. The molecule has 0 aliphatic carbocycles. The van der Waals surface area contributed by atoms with Gasteiger partial charge in [-0.3, -0.25) is 18.6 Å². The van der Waals surface area contributed by atoms with Crippen molar-refractivity contribution < 1.29 is 42.1 Å². The molecule has 0 amide bonds. The Hall–Kier alpha value is -4.63. The summed E-state index contributed by atoms with van der Waals surface area (Å²) >= 11 is 0. The standard InChI is InChI=1S/C86H144NO8P/c1-6-8-10-12-14-16-18-20-22-24-26-28-30-32-34-36-38-39-40-41-42-43-44-45-46-47-49-50-52-54-56-58-60-62-64-66-68-70-72-74-76-78-85(88)92-82-84(83-94-96(90,91)93-81-80-87(3,4)5)95-86(89)79-77-75-73-71-69-67-65-63-61-59-57-55-53-51-48-37-35-33-31-29-27-25-23-21-19-17-15-13-11-9-7-2/h8-11,14-17,20-23,26-29,32-35,48,51,55,57,61,63,67,69,84H,6-7,12-13,18-19,24-25,30-31,36-47,49-50,52-54,56,58-60,62,64-66,68,70-83H2,1-5H3/p+1/b10-8-,11-9-,16-14-,17-15-,22-20-,23-21-,28-26-,29-27-,34-32-,35-33-,51-48-,57-55-,63-61-,69-67-. The molecule has 0 aliphatic heterocycles. The molecular formula is C86H145NO8P+. The highest BCUT2D eigenvalue weighted by atomic mass is 31.2. The van der Waals surface area contributed by atoms with Gasteiger partial charge in [-0.25, -0.2) is 4.57 Å². The Bertz CT molecular complexity index is 2230. The summed E-state index contributed by atoms with van der Waals surface area (Å²) in [5, 5.41) is 0. The fraction of sp³-hybridized carbons (Fsp3) is 0.651. The second-order valence-corrected chi connectivity index (χ2v) is 28.1. The van der Waals surface area contributed by atoms with Crippen molar-refractivity contribution in [2.24, 2.45) is 0 Å². The number of phosphoric acid groups is 1. The lowest BCUT2D eigenvalue weighted by molar-refractivity contribution is -0.870. The number of quaternary nitrogens is 1. The zero-order chi connectivity index (χ0) is 69.7. The number of ether oxygens (including phenoxy) is 2. The molecule has 10 heteroatoms. The van der Waals surface area contributed by atoms with Crippen molar-refractivity contribution in [1.82, 2.24) is 0 Å². The van der Waals surface area contributed by atoms with E-state index in [1.165, 1.54) is 148 Å². The van der Waals surface area contributed by atoms with Crippen LogP contribution < -0.4 is 0 Å². The molecule has 2 unspecified atom stereocenters. The Kier molecular flexibility index (Phi) is 71.0. The van der Waals surface area contributed by atoms with Crippen LogP contribution in [0.2, 0.25) is 0 Å². The summed E-state index contributed by atoms with van der Waals surface area (Å²) < 4.78 is 34.7. The van der Waals surface area contributed by atoms with Gasteiger partial charge in [0.2, 0.25) is 0 Å². The van der Waals surface area contributed by atoms with Crippen molar-refractivity contribution >= 4 is 19.8 Å². The van der Waals surface area contributed by atoms with E-state index >= 15 is 0 Å². The lowest BCUT2D eigenvalue weighted by Crippen LogP contribution is -2.37. The molecule has 9 nitrogen and oxygen atoms in total. The number of carbonyl (C=O) groups is 2. The first kappa shape index (κ1) is 91.4. The lowest BCUT2D eigenvalue weighted by atomic mass is 10.0. The molecule has 0 rings (SSSR count). The summed E-state index contributed by atoms with van der Waals surface area (Å²) in [6.45, 7) is 4.17. The fourth-order valence-corrected chi connectivity index (χ4v) is 11.1. The van der Waals surface area contributed by atoms with Crippen molar-refractivity contribution in [2.75, 3.05) is 47.5 Å². The van der Waals surface area contributed by atoms with E-state index in [-0.39, 0.29) is 32.0 Å². The van der Waals surface area contributed by atoms with Crippen molar-refractivity contribution in [3.63, 3.8) is 0 Å². The van der Waals surface area contributed by atoms with Gasteiger partial charge in [0.1, 0.15) is 19.8 Å². The molecule has 0 aromatic carbocycles. The summed E-state index contributed by atoms with van der Waals surface area (Å²) in [4.78, 5) is 35.9. The molecule has 0 radical (unpaired) electrons. The predicted octanol–water partition coefficient (Wildman–Crippen LogP) is 26.1. The smallest absolute Gasteiger partial charge is 0.462 e. The SMILES string of the molecule is CC/C=C\C/C=C\C/C=C\C/C=C\C/C=C\C/C=C\C/C=C\C/C=C\C/C=C\CCCCCC(=O)OC(COC(=O)CCCCCCCCCCCCCCCCCCCCCCCCCCC/C=C\C/C=C\C/C=C\C/C=C\C/C=C\CC)COP(=O)(O)OCC[N+](C)(C)C. The van der Waals surface area contributed by atoms with Crippen LogP contribution in [0.4, 0.5) is 0 Å². The summed E-state index contributed by atoms with van der Waals surface area (Å²) in [5.74, 6) is -0.836. The molecule has 0 spiro atoms. The number of phosphoric ester groups is 1. The van der Waals surface area contributed by atoms with Gasteiger partial charge in [0.25, 0.3) is 0 Å². The molecule has 2 atom stereocenters. The maximum Gasteiger partial charge on any atom is 0.472 e. The number of rotatable bonds is 70. The van der Waals surface area contributed by atoms with Crippen molar-refractivity contribution in [3.8, 4) is 0 Å². The number of hydrogen-bond acceptors (Lipinski definition) is 7. The summed E-state index contributed by atoms with van der Waals surface area (Å²) in [5.41, 5.74) is 0. The molecule has 0 aromatic heterocycles. The molecule has 0 heterocycles. The van der Waals surface area contributed by atoms with Gasteiger partial charge in [0.05, 0.1) is 27.7 Å². The highest BCUT2D eigenvalue weighted by Crippen LogP contribution is 2.43. The minimum atomic E-state index is -4.41. The summed E-state index contributed by atoms with van der Waals surface area (Å²) in [6.07, 6.45) is 114. The van der Waals surface area contributed by atoms with Crippen molar-refractivity contribution in [3.05, 3.63) is 170 Å². The van der Waals surface area contributed by atoms with Crippen LogP contribution in [0.5, 0.6) is 0 Å². The second kappa shape index (κ2) is 74.6. The van der Waals surface area contributed by atoms with E-state index < -0.39 is 26.5 Å². The van der Waals surface area contributed by atoms with Crippen LogP contribution in [0, 0.1) is 0 Å². The van der Waals surface area contributed by atoms with Crippen LogP contribution in [0.1, 0.15) is 309 Å². The van der Waals surface area contributed by atoms with Gasteiger partial charge in [-0.2, -0.15) is 0 Å². The van der Waals surface area contributed by atoms with E-state index in [0.717, 1.165) is 128 Å². The van der Waals surface area contributed by atoms with E-state index in [9.17, 15) is 19.0 Å². The lowest BCUT2D eigenvalue weighted by Gasteiger charge is -2.24. The number of allylic oxidation sites excluding steroid dienone is 28. The van der Waals surface area contributed by atoms with Crippen LogP contribution in [0.25, 0.3) is 0 Å². The molecule has 0 saturated carbocycles. The molecular weight excluding hydrogens is 1210 g/mol. The summed E-state index contributed by atoms with van der Waals surface area (Å²) in [6, 6.07) is 0. The van der Waals surface area contributed by atoms with Crippen molar-refractivity contribution in [1.29, 1.82) is 0 Å². The molecule has 0 aromatic rings. The van der Waals surface area contributed by atoms with Crippen LogP contribution in [0.15, 0.2) is 170 Å². The van der Waals surface area contributed by atoms with Gasteiger partial charge >= 0.3 is 19.8 Å². The van der Waals surface area contributed by atoms with Crippen LogP contribution in [-0.2, 0) is 32.7 Å². The van der Waals surface area contributed by atoms with Gasteiger partial charge < -0.3 is 18.9 Å². The number of esters is 2. The highest BCUT2D eigenvalue weighted by molar-refractivity contribution is 7.47. The largest absolute Gasteiger partial charge is 0.472 e. The first-order valence-corrected chi connectivity index (χ1v) is 40.4. The van der Waals surface area contributed by atoms with Crippen molar-refractivity contribution in [2.45, 2.75) is 315 Å². The number of unbranched alkanes of at least 4 members (excludes halogenated alkanes) is 28. The third kappa shape index (κ3) is 78.4. The second-order valence-electron chi connectivity index (χ2n) is 26.6. The molecule has 0 saturated heterocycles. The van der Waals surface area contributed by atoms with Gasteiger partial charge in [0, 0.05) is 12.8 Å². The normalized spacial score (nSPS) is 14.0. The van der Waals surface area contributed by atoms with Crippen LogP contribution in [0.3, 0.4) is 0 Å². The maximum atomic E-state index is 12.9.